The molecule has 2 fully saturated rings. The molecule has 2 aliphatic rings. The molecule has 0 radical (unpaired) electrons. The minimum Gasteiger partial charge on any atom is -0.379 e. The van der Waals surface area contributed by atoms with E-state index in [-0.39, 0.29) is 35.7 Å². The van der Waals surface area contributed by atoms with E-state index in [1.165, 1.54) is 0 Å². The van der Waals surface area contributed by atoms with Gasteiger partial charge in [0.1, 0.15) is 0 Å². The standard InChI is InChI=1S/C29H37N5O3/c1-18-13-19(2)32-29(36)25(18)16-31-28(35)24-15-23-14-22(26-7-5-6-8-30-26)17-34(23)27(20(24)3)21(4)33-9-11-37-12-10-33/h5-8,14-15,17-19,21,25H,9-13,16H2,1-4H3,(H,31,35)(H,32,36). The Morgan fingerprint density at radius 3 is 2.73 bits per heavy atom. The Morgan fingerprint density at radius 2 is 2.03 bits per heavy atom. The first-order valence-corrected chi connectivity index (χ1v) is 13.3. The summed E-state index contributed by atoms with van der Waals surface area (Å²) in [6.45, 7) is 11.8. The molecule has 4 unspecified atom stereocenters. The molecule has 8 heteroatoms. The zero-order valence-electron chi connectivity index (χ0n) is 22.2. The smallest absolute Gasteiger partial charge is 0.251 e. The lowest BCUT2D eigenvalue weighted by Gasteiger charge is -2.34. The van der Waals surface area contributed by atoms with Crippen molar-refractivity contribution in [2.24, 2.45) is 11.8 Å². The third-order valence-electron chi connectivity index (χ3n) is 8.00. The highest BCUT2D eigenvalue weighted by atomic mass is 16.5. The van der Waals surface area contributed by atoms with Crippen molar-refractivity contribution in [1.29, 1.82) is 0 Å². The van der Waals surface area contributed by atoms with Crippen LogP contribution in [0, 0.1) is 18.8 Å². The summed E-state index contributed by atoms with van der Waals surface area (Å²) in [5.74, 6) is -0.127. The Morgan fingerprint density at radius 1 is 1.24 bits per heavy atom. The Balaban J connectivity index is 1.50. The highest BCUT2D eigenvalue weighted by Crippen LogP contribution is 2.32. The fourth-order valence-electron chi connectivity index (χ4n) is 5.92. The molecule has 0 saturated carbocycles. The van der Waals surface area contributed by atoms with Crippen LogP contribution in [0.5, 0.6) is 0 Å². The monoisotopic (exact) mass is 503 g/mol. The Kier molecular flexibility index (Phi) is 7.31. The van der Waals surface area contributed by atoms with Crippen LogP contribution in [0.1, 0.15) is 54.8 Å². The van der Waals surface area contributed by atoms with Crippen molar-refractivity contribution in [3.05, 3.63) is 59.5 Å². The summed E-state index contributed by atoms with van der Waals surface area (Å²) >= 11 is 0. The molecule has 37 heavy (non-hydrogen) atoms. The summed E-state index contributed by atoms with van der Waals surface area (Å²) in [4.78, 5) is 33.1. The maximum absolute atomic E-state index is 13.6. The van der Waals surface area contributed by atoms with Gasteiger partial charge in [0.25, 0.3) is 5.91 Å². The van der Waals surface area contributed by atoms with Gasteiger partial charge in [-0.05, 0) is 62.9 Å². The van der Waals surface area contributed by atoms with Crippen LogP contribution >= 0.6 is 0 Å². The first-order chi connectivity index (χ1) is 17.8. The lowest BCUT2D eigenvalue weighted by Crippen LogP contribution is -2.50. The molecule has 196 valence electrons. The highest BCUT2D eigenvalue weighted by molar-refractivity contribution is 5.97. The highest BCUT2D eigenvalue weighted by Gasteiger charge is 2.33. The normalized spacial score (nSPS) is 23.6. The number of aromatic nitrogens is 2. The van der Waals surface area contributed by atoms with Gasteiger partial charge in [-0.1, -0.05) is 13.0 Å². The molecule has 8 nitrogen and oxygen atoms in total. The number of hydrogen-bond acceptors (Lipinski definition) is 5. The molecule has 0 bridgehead atoms. The molecule has 2 aliphatic heterocycles. The van der Waals surface area contributed by atoms with Gasteiger partial charge in [-0.3, -0.25) is 19.5 Å². The maximum Gasteiger partial charge on any atom is 0.251 e. The van der Waals surface area contributed by atoms with Crippen LogP contribution in [0.3, 0.4) is 0 Å². The Bertz CT molecular complexity index is 1280. The van der Waals surface area contributed by atoms with Crippen molar-refractivity contribution in [2.75, 3.05) is 32.8 Å². The summed E-state index contributed by atoms with van der Waals surface area (Å²) in [5, 5.41) is 6.10. The lowest BCUT2D eigenvalue weighted by molar-refractivity contribution is -0.129. The molecule has 3 aromatic rings. The molecular weight excluding hydrogens is 466 g/mol. The summed E-state index contributed by atoms with van der Waals surface area (Å²) in [7, 11) is 0. The van der Waals surface area contributed by atoms with E-state index in [1.807, 2.05) is 38.1 Å². The van der Waals surface area contributed by atoms with Gasteiger partial charge in [-0.2, -0.15) is 0 Å². The number of fused-ring (bicyclic) bond motifs is 1. The topological polar surface area (TPSA) is 88.0 Å². The van der Waals surface area contributed by atoms with Crippen molar-refractivity contribution < 1.29 is 14.3 Å². The molecule has 2 saturated heterocycles. The fraction of sp³-hybridized carbons (Fsp3) is 0.483. The van der Waals surface area contributed by atoms with Crippen molar-refractivity contribution in [1.82, 2.24) is 24.9 Å². The Hall–Kier alpha value is -3.23. The van der Waals surface area contributed by atoms with Crippen molar-refractivity contribution in [3.8, 4) is 11.3 Å². The number of pyridine rings is 2. The second-order valence-electron chi connectivity index (χ2n) is 10.6. The molecule has 5 heterocycles. The van der Waals surface area contributed by atoms with Gasteiger partial charge < -0.3 is 19.8 Å². The van der Waals surface area contributed by atoms with Crippen LogP contribution in [0.15, 0.2) is 42.7 Å². The van der Waals surface area contributed by atoms with E-state index in [0.29, 0.717) is 25.3 Å². The lowest BCUT2D eigenvalue weighted by atomic mass is 9.84. The third kappa shape index (κ3) is 5.13. The first kappa shape index (κ1) is 25.4. The number of rotatable bonds is 6. The van der Waals surface area contributed by atoms with Crippen LogP contribution in [0.2, 0.25) is 0 Å². The number of nitrogens with zero attached hydrogens (tertiary/aromatic N) is 3. The predicted octanol–water partition coefficient (Wildman–Crippen LogP) is 3.59. The second-order valence-corrected chi connectivity index (χ2v) is 10.6. The molecule has 0 spiro atoms. The van der Waals surface area contributed by atoms with Crippen molar-refractivity contribution >= 4 is 17.3 Å². The molecule has 2 amide bonds. The van der Waals surface area contributed by atoms with Gasteiger partial charge >= 0.3 is 0 Å². The molecule has 3 aromatic heterocycles. The number of amides is 2. The summed E-state index contributed by atoms with van der Waals surface area (Å²) < 4.78 is 7.79. The quantitative estimate of drug-likeness (QED) is 0.537. The van der Waals surface area contributed by atoms with Gasteiger partial charge in [0, 0.05) is 66.4 Å². The minimum absolute atomic E-state index is 0.0203. The number of carbonyl (C=O) groups is 2. The predicted molar refractivity (Wildman–Crippen MR) is 143 cm³/mol. The maximum atomic E-state index is 13.6. The van der Waals surface area contributed by atoms with E-state index >= 15 is 0 Å². The van der Waals surface area contributed by atoms with Crippen molar-refractivity contribution in [3.63, 3.8) is 0 Å². The molecule has 5 rings (SSSR count). The number of piperidine rings is 1. The summed E-state index contributed by atoms with van der Waals surface area (Å²) in [5.41, 5.74) is 5.53. The molecule has 0 aromatic carbocycles. The minimum atomic E-state index is -0.222. The van der Waals surface area contributed by atoms with E-state index < -0.39 is 0 Å². The number of hydrogen-bond donors (Lipinski definition) is 2. The fourth-order valence-corrected chi connectivity index (χ4v) is 5.92. The summed E-state index contributed by atoms with van der Waals surface area (Å²) in [6, 6.07) is 10.2. The van der Waals surface area contributed by atoms with E-state index in [4.69, 9.17) is 4.74 Å². The number of carbonyl (C=O) groups excluding carboxylic acids is 2. The zero-order valence-corrected chi connectivity index (χ0v) is 22.2. The number of morpholine rings is 1. The third-order valence-corrected chi connectivity index (χ3v) is 8.00. The van der Waals surface area contributed by atoms with Gasteiger partial charge in [0.2, 0.25) is 5.91 Å². The van der Waals surface area contributed by atoms with E-state index in [1.54, 1.807) is 6.20 Å². The van der Waals surface area contributed by atoms with Gasteiger partial charge in [-0.15, -0.1) is 0 Å². The van der Waals surface area contributed by atoms with Gasteiger partial charge in [0.15, 0.2) is 0 Å². The number of ether oxygens (including phenoxy) is 1. The SMILES string of the molecule is Cc1c(C(=O)NCC2C(=O)NC(C)CC2C)cc2cc(-c3ccccn3)cn2c1C(C)N1CCOCC1. The Labute approximate surface area is 218 Å². The van der Waals surface area contributed by atoms with E-state index in [0.717, 1.165) is 47.5 Å². The van der Waals surface area contributed by atoms with Gasteiger partial charge in [0.05, 0.1) is 24.8 Å². The van der Waals surface area contributed by atoms with Crippen LogP contribution in [-0.2, 0) is 9.53 Å². The molecular formula is C29H37N5O3. The second kappa shape index (κ2) is 10.6. The number of nitrogens with one attached hydrogen (secondary N) is 2. The van der Waals surface area contributed by atoms with E-state index in [9.17, 15) is 9.59 Å². The van der Waals surface area contributed by atoms with Crippen LogP contribution in [0.4, 0.5) is 0 Å². The van der Waals surface area contributed by atoms with Crippen LogP contribution < -0.4 is 10.6 Å². The molecule has 2 N–H and O–H groups in total. The van der Waals surface area contributed by atoms with Crippen LogP contribution in [0.25, 0.3) is 16.8 Å². The van der Waals surface area contributed by atoms with Crippen molar-refractivity contribution in [2.45, 2.75) is 46.2 Å². The van der Waals surface area contributed by atoms with Crippen LogP contribution in [-0.4, -0.2) is 65.0 Å². The average molecular weight is 504 g/mol. The zero-order chi connectivity index (χ0) is 26.1. The van der Waals surface area contributed by atoms with Gasteiger partial charge in [-0.25, -0.2) is 0 Å². The van der Waals surface area contributed by atoms with E-state index in [2.05, 4.69) is 51.0 Å². The first-order valence-electron chi connectivity index (χ1n) is 13.3. The summed E-state index contributed by atoms with van der Waals surface area (Å²) in [6.07, 6.45) is 4.83. The molecule has 4 atom stereocenters. The molecule has 0 aliphatic carbocycles. The largest absolute Gasteiger partial charge is 0.379 e. The average Bonchev–Trinajstić information content (AvgIpc) is 3.32.